The molecule has 54 heavy (non-hydrogen) atoms. The third-order valence-corrected chi connectivity index (χ3v) is 8.98. The molecule has 5 amide bonds. The highest BCUT2D eigenvalue weighted by atomic mass is 16.6. The normalized spacial score (nSPS) is 13.6. The van der Waals surface area contributed by atoms with Crippen LogP contribution in [0.4, 0.5) is 4.79 Å². The Kier molecular flexibility index (Phi) is 13.8. The zero-order valence-electron chi connectivity index (χ0n) is 31.5. The van der Waals surface area contributed by atoms with E-state index >= 15 is 0 Å². The van der Waals surface area contributed by atoms with Gasteiger partial charge in [0.25, 0.3) is 0 Å². The predicted octanol–water partition coefficient (Wildman–Crippen LogP) is 4.34. The number of carboxylic acid groups (broad SMARTS) is 1. The molecule has 4 atom stereocenters. The molecule has 3 aromatic carbocycles. The maximum Gasteiger partial charge on any atom is 0.408 e. The van der Waals surface area contributed by atoms with E-state index in [1.54, 1.807) is 51.2 Å². The van der Waals surface area contributed by atoms with E-state index < -0.39 is 71.9 Å². The Morgan fingerprint density at radius 1 is 0.833 bits per heavy atom. The average molecular weight is 743 g/mol. The lowest BCUT2D eigenvalue weighted by atomic mass is 9.97. The Bertz CT molecular complexity index is 1980. The summed E-state index contributed by atoms with van der Waals surface area (Å²) >= 11 is 0. The van der Waals surface area contributed by atoms with Gasteiger partial charge in [-0.05, 0) is 55.2 Å². The minimum Gasteiger partial charge on any atom is -0.481 e. The Morgan fingerprint density at radius 3 is 2.17 bits per heavy atom. The number of nitrogens with one attached hydrogen (secondary N) is 5. The summed E-state index contributed by atoms with van der Waals surface area (Å²) in [5, 5.41) is 22.6. The molecule has 0 aliphatic heterocycles. The van der Waals surface area contributed by atoms with E-state index in [9.17, 15) is 33.9 Å². The maximum atomic E-state index is 14.3. The lowest BCUT2D eigenvalue weighted by Gasteiger charge is -2.32. The Balaban J connectivity index is 1.62. The Hall–Kier alpha value is -5.92. The molecule has 1 heterocycles. The van der Waals surface area contributed by atoms with Crippen LogP contribution in [-0.4, -0.2) is 88.5 Å². The summed E-state index contributed by atoms with van der Waals surface area (Å²) in [6.45, 7) is 7.00. The zero-order valence-corrected chi connectivity index (χ0v) is 31.5. The number of H-pyrrole nitrogens is 1. The summed E-state index contributed by atoms with van der Waals surface area (Å²) in [5.74, 6) is -4.20. The smallest absolute Gasteiger partial charge is 0.408 e. The van der Waals surface area contributed by atoms with Crippen molar-refractivity contribution in [2.24, 2.45) is 0 Å². The fourth-order valence-electron chi connectivity index (χ4n) is 6.29. The van der Waals surface area contributed by atoms with Gasteiger partial charge in [0.1, 0.15) is 29.8 Å². The number of carbonyl (C=O) groups excluding carboxylic acids is 5. The minimum absolute atomic E-state index is 0.0631. The van der Waals surface area contributed by atoms with Crippen molar-refractivity contribution < 1.29 is 38.6 Å². The SMILES string of the molecule is CCCC[C@@H](C(=O)N[C@@H](CC(=O)O)C(=O)N[C@H](C(=O)NC)c1cccc2ccccc12)N(C)C(=O)[C@H](Cc1c[nH]c2ccccc12)NC(=O)OC(C)(C)C. The van der Waals surface area contributed by atoms with Gasteiger partial charge in [-0.2, -0.15) is 0 Å². The van der Waals surface area contributed by atoms with E-state index in [2.05, 4.69) is 26.3 Å². The molecule has 0 bridgehead atoms. The molecule has 0 saturated heterocycles. The second-order valence-electron chi connectivity index (χ2n) is 14.2. The van der Waals surface area contributed by atoms with E-state index in [0.29, 0.717) is 23.8 Å². The number of para-hydroxylation sites is 1. The predicted molar refractivity (Wildman–Crippen MR) is 204 cm³/mol. The highest BCUT2D eigenvalue weighted by molar-refractivity contribution is 5.99. The number of amides is 5. The van der Waals surface area contributed by atoms with Gasteiger partial charge in [-0.15, -0.1) is 0 Å². The molecule has 0 aliphatic rings. The van der Waals surface area contributed by atoms with Gasteiger partial charge in [-0.25, -0.2) is 4.79 Å². The molecule has 0 radical (unpaired) electrons. The van der Waals surface area contributed by atoms with E-state index in [4.69, 9.17) is 4.74 Å². The molecule has 14 nitrogen and oxygen atoms in total. The number of aromatic amines is 1. The summed E-state index contributed by atoms with van der Waals surface area (Å²) in [5.41, 5.74) is 1.22. The van der Waals surface area contributed by atoms with Gasteiger partial charge in [0.2, 0.25) is 23.6 Å². The van der Waals surface area contributed by atoms with Crippen molar-refractivity contribution in [1.82, 2.24) is 31.2 Å². The van der Waals surface area contributed by atoms with Crippen LogP contribution in [0.1, 0.15) is 70.5 Å². The molecule has 288 valence electrons. The third kappa shape index (κ3) is 10.6. The lowest BCUT2D eigenvalue weighted by Crippen LogP contribution is -2.58. The quantitative estimate of drug-likeness (QED) is 0.0974. The van der Waals surface area contributed by atoms with Crippen LogP contribution in [-0.2, 0) is 35.1 Å². The number of nitrogens with zero attached hydrogens (tertiary/aromatic N) is 1. The van der Waals surface area contributed by atoms with Crippen molar-refractivity contribution in [3.8, 4) is 0 Å². The molecule has 4 aromatic rings. The summed E-state index contributed by atoms with van der Waals surface area (Å²) < 4.78 is 5.47. The number of alkyl carbamates (subject to hydrolysis) is 1. The number of benzene rings is 3. The summed E-state index contributed by atoms with van der Waals surface area (Å²) in [6.07, 6.45) is 1.55. The van der Waals surface area contributed by atoms with Gasteiger partial charge in [-0.1, -0.05) is 80.4 Å². The van der Waals surface area contributed by atoms with Crippen LogP contribution in [0.2, 0.25) is 0 Å². The molecule has 0 unspecified atom stereocenters. The topological polar surface area (TPSA) is 199 Å². The first kappa shape index (κ1) is 40.8. The number of ether oxygens (including phenoxy) is 1. The number of aliphatic carboxylic acids is 1. The average Bonchev–Trinajstić information content (AvgIpc) is 3.54. The standard InChI is InChI=1S/C40H50N6O8/c1-7-8-20-32(46(6)38(52)31(44-39(53)54-40(2,3)4)21-25-23-42-29-19-12-11-17-27(25)29)36(50)43-30(22-33(47)48)35(49)45-34(37(51)41-5)28-18-13-15-24-14-9-10-16-26(24)28/h9-19,23,30-32,34,42H,7-8,20-22H2,1-6H3,(H,41,51)(H,43,50)(H,44,53)(H,45,49)(H,47,48)/t30-,31-,32-,34-/m0/s1. The lowest BCUT2D eigenvalue weighted by molar-refractivity contribution is -0.144. The molecule has 0 aliphatic carbocycles. The van der Waals surface area contributed by atoms with Crippen LogP contribution >= 0.6 is 0 Å². The first-order valence-electron chi connectivity index (χ1n) is 18.0. The number of carbonyl (C=O) groups is 6. The van der Waals surface area contributed by atoms with E-state index in [1.807, 2.05) is 49.4 Å². The van der Waals surface area contributed by atoms with Crippen LogP contribution in [0.15, 0.2) is 72.9 Å². The first-order chi connectivity index (χ1) is 25.6. The molecular weight excluding hydrogens is 692 g/mol. The van der Waals surface area contributed by atoms with Crippen LogP contribution in [0.5, 0.6) is 0 Å². The summed E-state index contributed by atoms with van der Waals surface area (Å²) in [7, 11) is 2.84. The van der Waals surface area contributed by atoms with Crippen molar-refractivity contribution in [2.45, 2.75) is 89.6 Å². The number of unbranched alkanes of at least 4 members (excludes halogenated alkanes) is 1. The van der Waals surface area contributed by atoms with Gasteiger partial charge in [-0.3, -0.25) is 24.0 Å². The van der Waals surface area contributed by atoms with Gasteiger partial charge >= 0.3 is 12.1 Å². The third-order valence-electron chi connectivity index (χ3n) is 8.98. The van der Waals surface area contributed by atoms with E-state index in [0.717, 1.165) is 21.9 Å². The molecule has 14 heteroatoms. The van der Waals surface area contributed by atoms with Crippen molar-refractivity contribution >= 4 is 57.4 Å². The van der Waals surface area contributed by atoms with Crippen molar-refractivity contribution in [2.75, 3.05) is 14.1 Å². The van der Waals surface area contributed by atoms with Crippen LogP contribution < -0.4 is 21.3 Å². The van der Waals surface area contributed by atoms with Crippen LogP contribution in [0, 0.1) is 0 Å². The number of fused-ring (bicyclic) bond motifs is 2. The number of rotatable bonds is 16. The Labute approximate surface area is 314 Å². The fraction of sp³-hybridized carbons (Fsp3) is 0.400. The number of carboxylic acids is 1. The molecule has 1 aromatic heterocycles. The fourth-order valence-corrected chi connectivity index (χ4v) is 6.29. The molecular formula is C40H50N6O8. The van der Waals surface area contributed by atoms with Gasteiger partial charge in [0.15, 0.2) is 0 Å². The second-order valence-corrected chi connectivity index (χ2v) is 14.2. The molecule has 6 N–H and O–H groups in total. The van der Waals surface area contributed by atoms with Crippen LogP contribution in [0.25, 0.3) is 21.7 Å². The zero-order chi connectivity index (χ0) is 39.6. The van der Waals surface area contributed by atoms with E-state index in [-0.39, 0.29) is 12.8 Å². The van der Waals surface area contributed by atoms with Crippen molar-refractivity contribution in [3.63, 3.8) is 0 Å². The summed E-state index contributed by atoms with van der Waals surface area (Å²) in [6, 6.07) is 15.0. The largest absolute Gasteiger partial charge is 0.481 e. The Morgan fingerprint density at radius 2 is 1.50 bits per heavy atom. The van der Waals surface area contributed by atoms with Crippen molar-refractivity contribution in [1.29, 1.82) is 0 Å². The monoisotopic (exact) mass is 742 g/mol. The van der Waals surface area contributed by atoms with Gasteiger partial charge in [0, 0.05) is 37.6 Å². The highest BCUT2D eigenvalue weighted by Crippen LogP contribution is 2.25. The molecule has 0 saturated carbocycles. The first-order valence-corrected chi connectivity index (χ1v) is 18.0. The number of hydrogen-bond acceptors (Lipinski definition) is 7. The number of aromatic nitrogens is 1. The van der Waals surface area contributed by atoms with Crippen LogP contribution in [0.3, 0.4) is 0 Å². The highest BCUT2D eigenvalue weighted by Gasteiger charge is 2.36. The summed E-state index contributed by atoms with van der Waals surface area (Å²) in [4.78, 5) is 84.7. The van der Waals surface area contributed by atoms with Crippen molar-refractivity contribution in [3.05, 3.63) is 84.1 Å². The molecule has 0 fully saturated rings. The van der Waals surface area contributed by atoms with Gasteiger partial charge in [0.05, 0.1) is 6.42 Å². The second kappa shape index (κ2) is 18.2. The van der Waals surface area contributed by atoms with E-state index in [1.165, 1.54) is 19.0 Å². The number of likely N-dealkylation sites (N-methyl/N-ethyl adjacent to an activating group) is 2. The molecule has 0 spiro atoms. The minimum atomic E-state index is -1.60. The maximum absolute atomic E-state index is 14.3. The molecule has 4 rings (SSSR count). The number of hydrogen-bond donors (Lipinski definition) is 6. The van der Waals surface area contributed by atoms with Gasteiger partial charge < -0.3 is 41.0 Å².